The van der Waals surface area contributed by atoms with E-state index < -0.39 is 6.08 Å². The number of hydrogen-bond donors (Lipinski definition) is 0. The fraction of sp³-hybridized carbons (Fsp3) is 0.297. The molecular formula is C37H39N5O4. The minimum absolute atomic E-state index is 0.170. The van der Waals surface area contributed by atoms with Gasteiger partial charge < -0.3 is 14.3 Å². The molecule has 0 unspecified atom stereocenters. The van der Waals surface area contributed by atoms with Gasteiger partial charge in [-0.15, -0.1) is 0 Å². The molecule has 3 aromatic carbocycles. The molecule has 9 heteroatoms. The van der Waals surface area contributed by atoms with Crippen LogP contribution in [0.4, 0.5) is 5.69 Å². The van der Waals surface area contributed by atoms with E-state index >= 15 is 0 Å². The van der Waals surface area contributed by atoms with E-state index in [-0.39, 0.29) is 17.9 Å². The van der Waals surface area contributed by atoms with Gasteiger partial charge in [-0.25, -0.2) is 4.99 Å². The summed E-state index contributed by atoms with van der Waals surface area (Å²) >= 11 is 0. The van der Waals surface area contributed by atoms with Crippen LogP contribution in [0.15, 0.2) is 102 Å². The molecule has 9 nitrogen and oxygen atoms in total. The molecule has 0 atom stereocenters. The molecule has 3 heterocycles. The smallest absolute Gasteiger partial charge is 0.261 e. The SMILES string of the molecule is C[N+](C)(CCN1C(=O)c2ccccc2C1=O)Cc1cccc(CN2CCC(OC([O-])=Nc3ccccc3-c3ccccc3)CC2)n1. The number of amides is 2. The van der Waals surface area contributed by atoms with Crippen molar-refractivity contribution >= 4 is 23.6 Å². The highest BCUT2D eigenvalue weighted by Gasteiger charge is 2.36. The molecule has 0 aliphatic carbocycles. The van der Waals surface area contributed by atoms with Gasteiger partial charge in [0.1, 0.15) is 6.54 Å². The molecule has 46 heavy (non-hydrogen) atoms. The van der Waals surface area contributed by atoms with Crippen molar-refractivity contribution in [2.24, 2.45) is 4.99 Å². The van der Waals surface area contributed by atoms with Crippen LogP contribution in [0.5, 0.6) is 0 Å². The summed E-state index contributed by atoms with van der Waals surface area (Å²) in [6, 6.07) is 30.6. The van der Waals surface area contributed by atoms with Gasteiger partial charge in [0.25, 0.3) is 11.8 Å². The van der Waals surface area contributed by atoms with Crippen LogP contribution < -0.4 is 5.11 Å². The maximum Gasteiger partial charge on any atom is 0.261 e. The van der Waals surface area contributed by atoms with Crippen LogP contribution in [0, 0.1) is 0 Å². The van der Waals surface area contributed by atoms with Gasteiger partial charge >= 0.3 is 0 Å². The molecule has 1 fully saturated rings. The zero-order valence-electron chi connectivity index (χ0n) is 26.3. The Hall–Kier alpha value is -4.86. The Labute approximate surface area is 270 Å². The summed E-state index contributed by atoms with van der Waals surface area (Å²) in [4.78, 5) is 38.5. The maximum absolute atomic E-state index is 12.8. The van der Waals surface area contributed by atoms with Gasteiger partial charge in [0.15, 0.2) is 6.08 Å². The van der Waals surface area contributed by atoms with Crippen molar-refractivity contribution in [3.63, 3.8) is 0 Å². The summed E-state index contributed by atoms with van der Waals surface area (Å²) in [5.74, 6) is -0.441. The monoisotopic (exact) mass is 617 g/mol. The predicted octanol–water partition coefficient (Wildman–Crippen LogP) is 4.65. The molecule has 1 aromatic heterocycles. The molecule has 0 radical (unpaired) electrons. The Kier molecular flexibility index (Phi) is 9.23. The number of ether oxygens (including phenoxy) is 1. The number of fused-ring (bicyclic) bond motifs is 1. The first-order valence-electron chi connectivity index (χ1n) is 15.8. The number of piperidine rings is 1. The number of aromatic nitrogens is 1. The van der Waals surface area contributed by atoms with Crippen molar-refractivity contribution in [1.82, 2.24) is 14.8 Å². The van der Waals surface area contributed by atoms with Gasteiger partial charge in [-0.05, 0) is 61.8 Å². The zero-order chi connectivity index (χ0) is 32.1. The van der Waals surface area contributed by atoms with Gasteiger partial charge in [-0.2, -0.15) is 0 Å². The number of pyridine rings is 1. The van der Waals surface area contributed by atoms with Crippen LogP contribution in [0.25, 0.3) is 11.1 Å². The van der Waals surface area contributed by atoms with Crippen molar-refractivity contribution in [2.45, 2.75) is 32.0 Å². The van der Waals surface area contributed by atoms with E-state index in [0.29, 0.717) is 47.5 Å². The Balaban J connectivity index is 0.988. The lowest BCUT2D eigenvalue weighted by atomic mass is 10.0. The molecule has 2 amide bonds. The number of carbonyl (C=O) groups is 2. The Morgan fingerprint density at radius 3 is 2.13 bits per heavy atom. The first-order valence-corrected chi connectivity index (χ1v) is 15.8. The van der Waals surface area contributed by atoms with E-state index in [4.69, 9.17) is 9.72 Å². The summed E-state index contributed by atoms with van der Waals surface area (Å²) in [5, 5.41) is 12.7. The second kappa shape index (κ2) is 13.6. The zero-order valence-corrected chi connectivity index (χ0v) is 26.3. The lowest BCUT2D eigenvalue weighted by Crippen LogP contribution is -2.46. The van der Waals surface area contributed by atoms with E-state index in [2.05, 4.69) is 24.0 Å². The quantitative estimate of drug-likeness (QED) is 0.111. The number of likely N-dealkylation sites (N-methyl/N-ethyl adjacent to an activating group) is 1. The highest BCUT2D eigenvalue weighted by molar-refractivity contribution is 6.21. The highest BCUT2D eigenvalue weighted by atomic mass is 16.6. The minimum atomic E-state index is -0.556. The molecule has 0 saturated carbocycles. The van der Waals surface area contributed by atoms with Crippen LogP contribution in [0.1, 0.15) is 44.9 Å². The van der Waals surface area contributed by atoms with Crippen LogP contribution >= 0.6 is 0 Å². The van der Waals surface area contributed by atoms with Gasteiger partial charge in [0, 0.05) is 18.2 Å². The number of benzene rings is 3. The van der Waals surface area contributed by atoms with E-state index in [0.717, 1.165) is 48.4 Å². The average Bonchev–Trinajstić information content (AvgIpc) is 3.30. The van der Waals surface area contributed by atoms with Crippen LogP contribution in [0.3, 0.4) is 0 Å². The summed E-state index contributed by atoms with van der Waals surface area (Å²) in [5.41, 5.74) is 5.42. The third kappa shape index (κ3) is 7.33. The summed E-state index contributed by atoms with van der Waals surface area (Å²) in [6.07, 6.45) is 0.752. The van der Waals surface area contributed by atoms with Crippen LogP contribution in [-0.2, 0) is 17.8 Å². The fourth-order valence-corrected chi connectivity index (χ4v) is 6.15. The van der Waals surface area contributed by atoms with Crippen molar-refractivity contribution < 1.29 is 23.9 Å². The predicted molar refractivity (Wildman–Crippen MR) is 175 cm³/mol. The van der Waals surface area contributed by atoms with Crippen LogP contribution in [-0.4, -0.2) is 83.5 Å². The summed E-state index contributed by atoms with van der Waals surface area (Å²) in [7, 11) is 4.18. The van der Waals surface area contributed by atoms with Crippen LogP contribution in [0.2, 0.25) is 0 Å². The number of quaternary nitrogens is 1. The summed E-state index contributed by atoms with van der Waals surface area (Å²) in [6.45, 7) is 3.95. The summed E-state index contributed by atoms with van der Waals surface area (Å²) < 4.78 is 6.34. The van der Waals surface area contributed by atoms with Crippen molar-refractivity contribution in [3.05, 3.63) is 120 Å². The minimum Gasteiger partial charge on any atom is -0.597 e. The van der Waals surface area contributed by atoms with Gasteiger partial charge in [-0.3, -0.25) is 24.4 Å². The first kappa shape index (κ1) is 31.1. The van der Waals surface area contributed by atoms with Gasteiger partial charge in [0.05, 0.1) is 55.4 Å². The third-order valence-electron chi connectivity index (χ3n) is 8.65. The molecule has 0 spiro atoms. The number of rotatable bonds is 10. The van der Waals surface area contributed by atoms with Crippen molar-refractivity contribution in [3.8, 4) is 11.1 Å². The number of carbonyl (C=O) groups excluding carboxylic acids is 2. The Bertz CT molecular complexity index is 1700. The molecule has 236 valence electrons. The topological polar surface area (TPSA) is 98.2 Å². The number of likely N-dealkylation sites (tertiary alicyclic amines) is 1. The largest absolute Gasteiger partial charge is 0.597 e. The van der Waals surface area contributed by atoms with Crippen molar-refractivity contribution in [2.75, 3.05) is 40.3 Å². The van der Waals surface area contributed by atoms with Gasteiger partial charge in [-0.1, -0.05) is 66.7 Å². The molecule has 0 bridgehead atoms. The average molecular weight is 618 g/mol. The number of hydrogen-bond acceptors (Lipinski definition) is 7. The lowest BCUT2D eigenvalue weighted by Gasteiger charge is -2.35. The molecule has 1 saturated heterocycles. The Morgan fingerprint density at radius 1 is 0.826 bits per heavy atom. The van der Waals surface area contributed by atoms with E-state index in [1.54, 1.807) is 24.3 Å². The normalized spacial score (nSPS) is 16.1. The maximum atomic E-state index is 12.8. The number of nitrogens with zero attached hydrogens (tertiary/aromatic N) is 5. The van der Waals surface area contributed by atoms with E-state index in [1.165, 1.54) is 4.90 Å². The van der Waals surface area contributed by atoms with E-state index in [9.17, 15) is 14.7 Å². The number of aliphatic imine (C=N–C) groups is 1. The molecule has 0 N–H and O–H groups in total. The number of imide groups is 1. The fourth-order valence-electron chi connectivity index (χ4n) is 6.15. The van der Waals surface area contributed by atoms with Crippen molar-refractivity contribution in [1.29, 1.82) is 0 Å². The second-order valence-corrected chi connectivity index (χ2v) is 12.6. The Morgan fingerprint density at radius 2 is 1.43 bits per heavy atom. The van der Waals surface area contributed by atoms with Gasteiger partial charge in [0.2, 0.25) is 0 Å². The first-order chi connectivity index (χ1) is 22.3. The molecule has 2 aliphatic heterocycles. The molecular weight excluding hydrogens is 578 g/mol. The van der Waals surface area contributed by atoms with E-state index in [1.807, 2.05) is 72.8 Å². The highest BCUT2D eigenvalue weighted by Crippen LogP contribution is 2.30. The molecule has 6 rings (SSSR count). The molecule has 2 aliphatic rings. The molecule has 4 aromatic rings. The second-order valence-electron chi connectivity index (χ2n) is 12.6. The lowest BCUT2D eigenvalue weighted by molar-refractivity contribution is -0.903. The third-order valence-corrected chi connectivity index (χ3v) is 8.65. The standard InChI is InChI=1S/C37H39N5O4/c1-42(2,24-23-41-35(43)32-16-6-7-17-33(32)36(41)44)26-29-14-10-13-28(38-29)25-40-21-19-30(20-22-40)46-37(45)39-34-18-9-8-15-31(34)27-11-4-3-5-12-27/h3-18,30H,19-26H2,1-2H3. The number of para-hydroxylation sites is 1.